The standard InChI is InChI=1S/C18H17ClN2/c1-12-5-8-17-16(9-12)20-18(11-19)21(17)15-7-6-13-3-2-4-14(13)10-15/h5-10H,2-4,11H2,1H3. The van der Waals surface area contributed by atoms with E-state index in [1.165, 1.54) is 41.6 Å². The van der Waals surface area contributed by atoms with E-state index in [-0.39, 0.29) is 0 Å². The smallest absolute Gasteiger partial charge is 0.129 e. The third kappa shape index (κ3) is 2.06. The topological polar surface area (TPSA) is 17.8 Å². The lowest BCUT2D eigenvalue weighted by molar-refractivity contribution is 0.911. The van der Waals surface area contributed by atoms with Crippen molar-refractivity contribution in [2.75, 3.05) is 0 Å². The maximum absolute atomic E-state index is 6.13. The van der Waals surface area contributed by atoms with Crippen molar-refractivity contribution in [1.29, 1.82) is 0 Å². The molecule has 0 fully saturated rings. The first kappa shape index (κ1) is 12.9. The highest BCUT2D eigenvalue weighted by Gasteiger charge is 2.15. The Kier molecular flexibility index (Phi) is 3.00. The first-order chi connectivity index (χ1) is 10.3. The fraction of sp³-hybridized carbons (Fsp3) is 0.278. The van der Waals surface area contributed by atoms with Crippen LogP contribution in [0.3, 0.4) is 0 Å². The molecule has 3 aromatic rings. The van der Waals surface area contributed by atoms with Crippen molar-refractivity contribution in [3.05, 3.63) is 58.9 Å². The summed E-state index contributed by atoms with van der Waals surface area (Å²) in [6, 6.07) is 13.2. The molecule has 1 aliphatic carbocycles. The summed E-state index contributed by atoms with van der Waals surface area (Å²) in [5, 5.41) is 0. The Labute approximate surface area is 129 Å². The van der Waals surface area contributed by atoms with Crippen molar-refractivity contribution >= 4 is 22.6 Å². The van der Waals surface area contributed by atoms with Gasteiger partial charge in [-0.1, -0.05) is 12.1 Å². The quantitative estimate of drug-likeness (QED) is 0.634. The van der Waals surface area contributed by atoms with Crippen LogP contribution >= 0.6 is 11.6 Å². The van der Waals surface area contributed by atoms with Crippen LogP contribution < -0.4 is 0 Å². The van der Waals surface area contributed by atoms with Gasteiger partial charge < -0.3 is 0 Å². The summed E-state index contributed by atoms with van der Waals surface area (Å²) < 4.78 is 2.19. The maximum Gasteiger partial charge on any atom is 0.129 e. The predicted octanol–water partition coefficient (Wildman–Crippen LogP) is 4.56. The van der Waals surface area contributed by atoms with Crippen LogP contribution in [0.25, 0.3) is 16.7 Å². The van der Waals surface area contributed by atoms with Crippen LogP contribution in [0.5, 0.6) is 0 Å². The molecule has 0 spiro atoms. The van der Waals surface area contributed by atoms with Crippen molar-refractivity contribution in [2.24, 2.45) is 0 Å². The Hall–Kier alpha value is -1.80. The van der Waals surface area contributed by atoms with Gasteiger partial charge in [-0.05, 0) is 67.1 Å². The van der Waals surface area contributed by atoms with Crippen LogP contribution in [0.1, 0.15) is 28.9 Å². The largest absolute Gasteiger partial charge is 0.295 e. The summed E-state index contributed by atoms with van der Waals surface area (Å²) in [5.74, 6) is 1.33. The van der Waals surface area contributed by atoms with Gasteiger partial charge in [0.05, 0.1) is 16.9 Å². The van der Waals surface area contributed by atoms with Crippen molar-refractivity contribution < 1.29 is 0 Å². The van der Waals surface area contributed by atoms with Crippen LogP contribution in [0.4, 0.5) is 0 Å². The van der Waals surface area contributed by atoms with Crippen molar-refractivity contribution in [3.63, 3.8) is 0 Å². The SMILES string of the molecule is Cc1ccc2c(c1)nc(CCl)n2-c1ccc2c(c1)CCC2. The molecule has 21 heavy (non-hydrogen) atoms. The van der Waals surface area contributed by atoms with E-state index in [1.807, 2.05) is 0 Å². The number of fused-ring (bicyclic) bond motifs is 2. The highest BCUT2D eigenvalue weighted by atomic mass is 35.5. The molecule has 1 heterocycles. The minimum atomic E-state index is 0.421. The summed E-state index contributed by atoms with van der Waals surface area (Å²) in [4.78, 5) is 4.69. The van der Waals surface area contributed by atoms with E-state index in [1.54, 1.807) is 0 Å². The third-order valence-electron chi connectivity index (χ3n) is 4.34. The number of hydrogen-bond acceptors (Lipinski definition) is 1. The minimum Gasteiger partial charge on any atom is -0.295 e. The lowest BCUT2D eigenvalue weighted by Gasteiger charge is -2.10. The second-order valence-electron chi connectivity index (χ2n) is 5.80. The first-order valence-electron chi connectivity index (χ1n) is 7.42. The maximum atomic E-state index is 6.13. The van der Waals surface area contributed by atoms with Crippen LogP contribution in [-0.4, -0.2) is 9.55 Å². The average Bonchev–Trinajstić information content (AvgIpc) is 3.09. The summed E-state index contributed by atoms with van der Waals surface area (Å²) in [7, 11) is 0. The summed E-state index contributed by atoms with van der Waals surface area (Å²) in [5.41, 5.74) is 7.52. The molecule has 4 rings (SSSR count). The van der Waals surface area contributed by atoms with Gasteiger partial charge in [0.2, 0.25) is 0 Å². The van der Waals surface area contributed by atoms with Gasteiger partial charge in [0.15, 0.2) is 0 Å². The highest BCUT2D eigenvalue weighted by molar-refractivity contribution is 6.17. The lowest BCUT2D eigenvalue weighted by Crippen LogP contribution is -2.00. The lowest BCUT2D eigenvalue weighted by atomic mass is 10.1. The van der Waals surface area contributed by atoms with Gasteiger partial charge in [-0.25, -0.2) is 4.98 Å². The third-order valence-corrected chi connectivity index (χ3v) is 4.58. The molecule has 0 unspecified atom stereocenters. The van der Waals surface area contributed by atoms with E-state index in [9.17, 15) is 0 Å². The summed E-state index contributed by atoms with van der Waals surface area (Å²) in [6.07, 6.45) is 3.66. The molecule has 1 aromatic heterocycles. The van der Waals surface area contributed by atoms with Gasteiger partial charge in [0.1, 0.15) is 5.82 Å². The molecule has 0 amide bonds. The minimum absolute atomic E-state index is 0.421. The number of rotatable bonds is 2. The molecule has 0 atom stereocenters. The Bertz CT molecular complexity index is 833. The average molecular weight is 297 g/mol. The fourth-order valence-electron chi connectivity index (χ4n) is 3.32. The summed E-state index contributed by atoms with van der Waals surface area (Å²) in [6.45, 7) is 2.09. The number of hydrogen-bond donors (Lipinski definition) is 0. The normalized spacial score (nSPS) is 13.8. The molecule has 2 nitrogen and oxygen atoms in total. The molecule has 3 heteroatoms. The van der Waals surface area contributed by atoms with Gasteiger partial charge in [-0.15, -0.1) is 11.6 Å². The van der Waals surface area contributed by atoms with E-state index in [0.717, 1.165) is 16.9 Å². The number of nitrogens with zero attached hydrogens (tertiary/aromatic N) is 2. The van der Waals surface area contributed by atoms with Gasteiger partial charge in [0.25, 0.3) is 0 Å². The zero-order valence-electron chi connectivity index (χ0n) is 12.1. The number of aromatic nitrogens is 2. The van der Waals surface area contributed by atoms with E-state index < -0.39 is 0 Å². The van der Waals surface area contributed by atoms with E-state index in [2.05, 4.69) is 47.9 Å². The highest BCUT2D eigenvalue weighted by Crippen LogP contribution is 2.28. The van der Waals surface area contributed by atoms with E-state index in [4.69, 9.17) is 16.6 Å². The van der Waals surface area contributed by atoms with E-state index >= 15 is 0 Å². The summed E-state index contributed by atoms with van der Waals surface area (Å²) >= 11 is 6.13. The Morgan fingerprint density at radius 1 is 1.10 bits per heavy atom. The van der Waals surface area contributed by atoms with Crippen molar-refractivity contribution in [2.45, 2.75) is 32.1 Å². The molecule has 0 radical (unpaired) electrons. The van der Waals surface area contributed by atoms with Gasteiger partial charge in [0, 0.05) is 5.69 Å². The number of alkyl halides is 1. The molecular formula is C18H17ClN2. The molecule has 0 saturated heterocycles. The fourth-order valence-corrected chi connectivity index (χ4v) is 3.49. The molecule has 1 aliphatic rings. The monoisotopic (exact) mass is 296 g/mol. The molecular weight excluding hydrogens is 280 g/mol. The molecule has 0 N–H and O–H groups in total. The predicted molar refractivity (Wildman–Crippen MR) is 87.4 cm³/mol. The molecule has 0 bridgehead atoms. The van der Waals surface area contributed by atoms with Gasteiger partial charge >= 0.3 is 0 Å². The second-order valence-corrected chi connectivity index (χ2v) is 6.06. The zero-order chi connectivity index (χ0) is 14.4. The second kappa shape index (κ2) is 4.88. The van der Waals surface area contributed by atoms with Crippen LogP contribution in [0.15, 0.2) is 36.4 Å². The first-order valence-corrected chi connectivity index (χ1v) is 7.96. The number of halogens is 1. The number of aryl methyl sites for hydroxylation is 3. The van der Waals surface area contributed by atoms with Crippen LogP contribution in [0, 0.1) is 6.92 Å². The van der Waals surface area contributed by atoms with Crippen LogP contribution in [0.2, 0.25) is 0 Å². The van der Waals surface area contributed by atoms with Crippen LogP contribution in [-0.2, 0) is 18.7 Å². The number of imidazole rings is 1. The van der Waals surface area contributed by atoms with Crippen molar-refractivity contribution in [3.8, 4) is 5.69 Å². The van der Waals surface area contributed by atoms with E-state index in [0.29, 0.717) is 5.88 Å². The molecule has 0 saturated carbocycles. The Morgan fingerprint density at radius 3 is 2.81 bits per heavy atom. The van der Waals surface area contributed by atoms with Gasteiger partial charge in [-0.2, -0.15) is 0 Å². The molecule has 106 valence electrons. The number of benzene rings is 2. The van der Waals surface area contributed by atoms with Crippen molar-refractivity contribution in [1.82, 2.24) is 9.55 Å². The van der Waals surface area contributed by atoms with Gasteiger partial charge in [-0.3, -0.25) is 4.57 Å². The molecule has 2 aromatic carbocycles. The Balaban J connectivity index is 1.96. The zero-order valence-corrected chi connectivity index (χ0v) is 12.8. The molecule has 0 aliphatic heterocycles. The Morgan fingerprint density at radius 2 is 1.95 bits per heavy atom.